The highest BCUT2D eigenvalue weighted by atomic mass is 19.1. The minimum Gasteiger partial charge on any atom is -0.478 e. The number of carbonyl (C=O) groups excluding carboxylic acids is 1. The Labute approximate surface area is 128 Å². The van der Waals surface area contributed by atoms with Crippen LogP contribution in [0, 0.1) is 5.82 Å². The molecule has 1 atom stereocenters. The number of hydrogen-bond acceptors (Lipinski definition) is 4. The highest BCUT2D eigenvalue weighted by Crippen LogP contribution is 2.18. The van der Waals surface area contributed by atoms with E-state index in [1.165, 1.54) is 12.1 Å². The summed E-state index contributed by atoms with van der Waals surface area (Å²) in [5.41, 5.74) is 0. The molecule has 0 radical (unpaired) electrons. The standard InChI is InChI=1S/C15H19FN4O2/c1-4-11(22-12-8-6-5-7-10(12)16)14(21)18-15-17-13(9(2)3)19-20-15/h5-9,11H,4H2,1-3H3,(H2,17,18,19,20,21)/t11-/m1/s1. The topological polar surface area (TPSA) is 79.9 Å². The fraction of sp³-hybridized carbons (Fsp3) is 0.400. The van der Waals surface area contributed by atoms with Gasteiger partial charge in [0, 0.05) is 5.92 Å². The van der Waals surface area contributed by atoms with Gasteiger partial charge in [-0.3, -0.25) is 15.2 Å². The van der Waals surface area contributed by atoms with Gasteiger partial charge in [-0.1, -0.05) is 32.9 Å². The first-order chi connectivity index (χ1) is 10.5. The van der Waals surface area contributed by atoms with E-state index in [1.54, 1.807) is 19.1 Å². The van der Waals surface area contributed by atoms with Crippen molar-refractivity contribution in [3.05, 3.63) is 35.9 Å². The third kappa shape index (κ3) is 3.81. The number of benzene rings is 1. The summed E-state index contributed by atoms with van der Waals surface area (Å²) < 4.78 is 19.0. The first-order valence-electron chi connectivity index (χ1n) is 7.15. The third-order valence-corrected chi connectivity index (χ3v) is 3.05. The SMILES string of the molecule is CC[C@@H](Oc1ccccc1F)C(=O)Nc1n[nH]c(C(C)C)n1. The van der Waals surface area contributed by atoms with Gasteiger partial charge in [0.05, 0.1) is 0 Å². The Balaban J connectivity index is 2.04. The molecular formula is C15H19FN4O2. The third-order valence-electron chi connectivity index (χ3n) is 3.05. The molecule has 0 unspecified atom stereocenters. The van der Waals surface area contributed by atoms with E-state index in [-0.39, 0.29) is 17.6 Å². The van der Waals surface area contributed by atoms with Gasteiger partial charge in [0.15, 0.2) is 17.7 Å². The van der Waals surface area contributed by atoms with Crippen LogP contribution in [0.5, 0.6) is 5.75 Å². The summed E-state index contributed by atoms with van der Waals surface area (Å²) in [6.45, 7) is 5.70. The van der Waals surface area contributed by atoms with Crippen LogP contribution in [0.3, 0.4) is 0 Å². The molecule has 1 amide bonds. The predicted octanol–water partition coefficient (Wildman–Crippen LogP) is 2.86. The lowest BCUT2D eigenvalue weighted by molar-refractivity contribution is -0.123. The quantitative estimate of drug-likeness (QED) is 0.860. The van der Waals surface area contributed by atoms with E-state index in [4.69, 9.17) is 4.74 Å². The zero-order valence-electron chi connectivity index (χ0n) is 12.8. The number of halogens is 1. The summed E-state index contributed by atoms with van der Waals surface area (Å²) in [5, 5.41) is 9.24. The molecule has 1 aromatic carbocycles. The second kappa shape index (κ2) is 7.02. The number of H-pyrrole nitrogens is 1. The van der Waals surface area contributed by atoms with Crippen molar-refractivity contribution in [2.75, 3.05) is 5.32 Å². The number of amides is 1. The number of hydrogen-bond donors (Lipinski definition) is 2. The molecule has 0 aliphatic carbocycles. The molecule has 6 nitrogen and oxygen atoms in total. The molecule has 0 bridgehead atoms. The lowest BCUT2D eigenvalue weighted by atomic mass is 10.2. The fourth-order valence-electron chi connectivity index (χ4n) is 1.79. The summed E-state index contributed by atoms with van der Waals surface area (Å²) in [6, 6.07) is 5.97. The van der Waals surface area contributed by atoms with E-state index in [9.17, 15) is 9.18 Å². The van der Waals surface area contributed by atoms with Crippen molar-refractivity contribution in [1.82, 2.24) is 15.2 Å². The molecule has 2 rings (SSSR count). The van der Waals surface area contributed by atoms with Crippen LogP contribution < -0.4 is 10.1 Å². The van der Waals surface area contributed by atoms with Gasteiger partial charge in [-0.2, -0.15) is 4.98 Å². The number of nitrogens with one attached hydrogen (secondary N) is 2. The van der Waals surface area contributed by atoms with E-state index in [2.05, 4.69) is 20.5 Å². The van der Waals surface area contributed by atoms with Gasteiger partial charge in [-0.05, 0) is 18.6 Å². The second-order valence-corrected chi connectivity index (χ2v) is 5.13. The molecule has 118 valence electrons. The van der Waals surface area contributed by atoms with Gasteiger partial charge >= 0.3 is 0 Å². The monoisotopic (exact) mass is 306 g/mol. The number of carbonyl (C=O) groups is 1. The summed E-state index contributed by atoms with van der Waals surface area (Å²) in [7, 11) is 0. The zero-order chi connectivity index (χ0) is 16.1. The highest BCUT2D eigenvalue weighted by Gasteiger charge is 2.21. The fourth-order valence-corrected chi connectivity index (χ4v) is 1.79. The Morgan fingerprint density at radius 1 is 1.41 bits per heavy atom. The smallest absolute Gasteiger partial charge is 0.267 e. The number of ether oxygens (including phenoxy) is 1. The molecule has 7 heteroatoms. The molecule has 0 aliphatic heterocycles. The van der Waals surface area contributed by atoms with E-state index in [0.717, 1.165) is 0 Å². The van der Waals surface area contributed by atoms with E-state index < -0.39 is 17.8 Å². The van der Waals surface area contributed by atoms with Crippen LogP contribution in [0.2, 0.25) is 0 Å². The minimum atomic E-state index is -0.821. The first kappa shape index (κ1) is 15.9. The lowest BCUT2D eigenvalue weighted by Gasteiger charge is -2.16. The normalized spacial score (nSPS) is 12.2. The lowest BCUT2D eigenvalue weighted by Crippen LogP contribution is -2.33. The summed E-state index contributed by atoms with van der Waals surface area (Å²) >= 11 is 0. The Kier molecular flexibility index (Phi) is 5.08. The largest absolute Gasteiger partial charge is 0.478 e. The molecule has 0 spiro atoms. The molecule has 0 saturated heterocycles. The average Bonchev–Trinajstić information content (AvgIpc) is 2.95. The van der Waals surface area contributed by atoms with E-state index in [0.29, 0.717) is 12.2 Å². The molecule has 0 aliphatic rings. The van der Waals surface area contributed by atoms with Crippen LogP contribution in [0.4, 0.5) is 10.3 Å². The number of aromatic nitrogens is 3. The summed E-state index contributed by atoms with van der Waals surface area (Å²) in [4.78, 5) is 16.3. The molecule has 1 aromatic heterocycles. The van der Waals surface area contributed by atoms with E-state index in [1.807, 2.05) is 13.8 Å². The van der Waals surface area contributed by atoms with Gasteiger partial charge in [0.2, 0.25) is 5.95 Å². The number of rotatable bonds is 6. The number of anilines is 1. The van der Waals surface area contributed by atoms with Crippen LogP contribution >= 0.6 is 0 Å². The van der Waals surface area contributed by atoms with Gasteiger partial charge in [0.1, 0.15) is 5.82 Å². The maximum atomic E-state index is 13.6. The van der Waals surface area contributed by atoms with E-state index >= 15 is 0 Å². The summed E-state index contributed by atoms with van der Waals surface area (Å²) in [6.07, 6.45) is -0.431. The van der Waals surface area contributed by atoms with Gasteiger partial charge in [-0.15, -0.1) is 5.10 Å². The Morgan fingerprint density at radius 2 is 2.14 bits per heavy atom. The van der Waals surface area contributed by atoms with Crippen molar-refractivity contribution in [2.45, 2.75) is 39.2 Å². The van der Waals surface area contributed by atoms with Crippen molar-refractivity contribution in [1.29, 1.82) is 0 Å². The Hall–Kier alpha value is -2.44. The minimum absolute atomic E-state index is 0.0438. The van der Waals surface area contributed by atoms with Gasteiger partial charge in [0.25, 0.3) is 5.91 Å². The molecule has 0 saturated carbocycles. The Morgan fingerprint density at radius 3 is 2.73 bits per heavy atom. The predicted molar refractivity (Wildman–Crippen MR) is 80.2 cm³/mol. The molecule has 2 N–H and O–H groups in total. The molecule has 22 heavy (non-hydrogen) atoms. The van der Waals surface area contributed by atoms with Crippen LogP contribution in [0.15, 0.2) is 24.3 Å². The number of aromatic amines is 1. The molecule has 0 fully saturated rings. The van der Waals surface area contributed by atoms with Crippen molar-refractivity contribution < 1.29 is 13.9 Å². The maximum Gasteiger partial charge on any atom is 0.267 e. The summed E-state index contributed by atoms with van der Waals surface area (Å²) in [5.74, 6) is 0.161. The van der Waals surface area contributed by atoms with Crippen LogP contribution in [0.25, 0.3) is 0 Å². The molecule has 2 aromatic rings. The van der Waals surface area contributed by atoms with Crippen LogP contribution in [-0.4, -0.2) is 27.2 Å². The van der Waals surface area contributed by atoms with Crippen molar-refractivity contribution in [2.24, 2.45) is 0 Å². The zero-order valence-corrected chi connectivity index (χ0v) is 12.8. The van der Waals surface area contributed by atoms with Gasteiger partial charge in [-0.25, -0.2) is 4.39 Å². The van der Waals surface area contributed by atoms with Crippen LogP contribution in [0.1, 0.15) is 38.9 Å². The molecular weight excluding hydrogens is 287 g/mol. The maximum absolute atomic E-state index is 13.6. The number of nitrogens with zero attached hydrogens (tertiary/aromatic N) is 2. The number of para-hydroxylation sites is 1. The van der Waals surface area contributed by atoms with Crippen molar-refractivity contribution in [3.8, 4) is 5.75 Å². The van der Waals surface area contributed by atoms with Gasteiger partial charge < -0.3 is 4.74 Å². The second-order valence-electron chi connectivity index (χ2n) is 5.13. The van der Waals surface area contributed by atoms with Crippen molar-refractivity contribution >= 4 is 11.9 Å². The highest BCUT2D eigenvalue weighted by molar-refractivity contribution is 5.92. The van der Waals surface area contributed by atoms with Crippen LogP contribution in [-0.2, 0) is 4.79 Å². The average molecular weight is 306 g/mol. The Bertz CT molecular complexity index is 642. The molecule has 1 heterocycles. The van der Waals surface area contributed by atoms with Crippen molar-refractivity contribution in [3.63, 3.8) is 0 Å². The first-order valence-corrected chi connectivity index (χ1v) is 7.15.